The van der Waals surface area contributed by atoms with E-state index in [-0.39, 0.29) is 5.82 Å². The van der Waals surface area contributed by atoms with Gasteiger partial charge in [-0.3, -0.25) is 5.10 Å². The molecule has 0 amide bonds. The van der Waals surface area contributed by atoms with Crippen LogP contribution < -0.4 is 0 Å². The summed E-state index contributed by atoms with van der Waals surface area (Å²) in [4.78, 5) is 7.76. The summed E-state index contributed by atoms with van der Waals surface area (Å²) < 4.78 is 12.9. The zero-order chi connectivity index (χ0) is 14.2. The summed E-state index contributed by atoms with van der Waals surface area (Å²) >= 11 is 0. The van der Waals surface area contributed by atoms with Crippen molar-refractivity contribution < 1.29 is 4.39 Å². The Balaban J connectivity index is 1.75. The fourth-order valence-corrected chi connectivity index (χ4v) is 2.29. The van der Waals surface area contributed by atoms with E-state index < -0.39 is 0 Å². The average Bonchev–Trinajstić information content (AvgIpc) is 3.14. The number of hydrogen-bond donors (Lipinski definition) is 2. The van der Waals surface area contributed by atoms with Crippen molar-refractivity contribution in [1.29, 1.82) is 0 Å². The molecule has 21 heavy (non-hydrogen) atoms. The number of para-hydroxylation sites is 2. The molecule has 2 aromatic carbocycles. The lowest BCUT2D eigenvalue weighted by atomic mass is 10.1. The molecule has 0 unspecified atom stereocenters. The van der Waals surface area contributed by atoms with Gasteiger partial charge in [-0.15, -0.1) is 0 Å². The highest BCUT2D eigenvalue weighted by Gasteiger charge is 2.09. The maximum atomic E-state index is 12.9. The van der Waals surface area contributed by atoms with Gasteiger partial charge in [-0.05, 0) is 42.5 Å². The maximum absolute atomic E-state index is 12.9. The molecule has 0 aliphatic carbocycles. The van der Waals surface area contributed by atoms with Crippen molar-refractivity contribution in [3.05, 3.63) is 60.4 Å². The van der Waals surface area contributed by atoms with Crippen LogP contribution in [0.1, 0.15) is 0 Å². The van der Waals surface area contributed by atoms with E-state index in [1.807, 2.05) is 30.3 Å². The van der Waals surface area contributed by atoms with Crippen LogP contribution in [0.3, 0.4) is 0 Å². The van der Waals surface area contributed by atoms with Crippen LogP contribution in [-0.2, 0) is 0 Å². The van der Waals surface area contributed by atoms with Gasteiger partial charge in [0, 0.05) is 5.56 Å². The minimum atomic E-state index is -0.258. The van der Waals surface area contributed by atoms with Crippen LogP contribution in [0.5, 0.6) is 0 Å². The first-order valence-corrected chi connectivity index (χ1v) is 6.56. The Hall–Kier alpha value is -2.95. The molecule has 0 saturated heterocycles. The molecule has 0 aliphatic rings. The summed E-state index contributed by atoms with van der Waals surface area (Å²) in [6.07, 6.45) is 0. The zero-order valence-corrected chi connectivity index (χ0v) is 11.0. The highest BCUT2D eigenvalue weighted by atomic mass is 19.1. The van der Waals surface area contributed by atoms with E-state index in [1.54, 1.807) is 12.1 Å². The number of imidazole rings is 1. The topological polar surface area (TPSA) is 57.4 Å². The van der Waals surface area contributed by atoms with Crippen molar-refractivity contribution in [3.8, 4) is 22.8 Å². The Bertz CT molecular complexity index is 872. The van der Waals surface area contributed by atoms with Gasteiger partial charge in [-0.25, -0.2) is 9.37 Å². The SMILES string of the molecule is Fc1ccc(-c2cc(-c3nc4ccccc4[nH]3)[nH]n2)cc1. The third-order valence-electron chi connectivity index (χ3n) is 3.36. The number of benzene rings is 2. The standard InChI is InChI=1S/C16H11FN4/c17-11-7-5-10(6-8-11)14-9-15(21-20-14)16-18-12-3-1-2-4-13(12)19-16/h1-9H,(H,18,19)(H,20,21). The lowest BCUT2D eigenvalue weighted by Crippen LogP contribution is -1.79. The Morgan fingerprint density at radius 3 is 2.57 bits per heavy atom. The molecule has 0 aliphatic heterocycles. The van der Waals surface area contributed by atoms with Gasteiger partial charge in [0.15, 0.2) is 5.82 Å². The molecule has 2 aromatic heterocycles. The van der Waals surface area contributed by atoms with Crippen LogP contribution in [0.25, 0.3) is 33.8 Å². The third-order valence-corrected chi connectivity index (χ3v) is 3.36. The van der Waals surface area contributed by atoms with E-state index in [0.717, 1.165) is 33.8 Å². The van der Waals surface area contributed by atoms with Gasteiger partial charge >= 0.3 is 0 Å². The molecular weight excluding hydrogens is 267 g/mol. The molecule has 0 radical (unpaired) electrons. The summed E-state index contributed by atoms with van der Waals surface area (Å²) in [7, 11) is 0. The predicted molar refractivity (Wildman–Crippen MR) is 79.1 cm³/mol. The number of nitrogens with one attached hydrogen (secondary N) is 2. The first-order valence-electron chi connectivity index (χ1n) is 6.56. The molecule has 0 spiro atoms. The van der Waals surface area contributed by atoms with Crippen LogP contribution in [0.15, 0.2) is 54.6 Å². The van der Waals surface area contributed by atoms with E-state index in [1.165, 1.54) is 12.1 Å². The van der Waals surface area contributed by atoms with E-state index in [4.69, 9.17) is 0 Å². The molecule has 5 heteroatoms. The smallest absolute Gasteiger partial charge is 0.156 e. The molecule has 0 fully saturated rings. The van der Waals surface area contributed by atoms with E-state index in [0.29, 0.717) is 0 Å². The lowest BCUT2D eigenvalue weighted by Gasteiger charge is -1.94. The lowest BCUT2D eigenvalue weighted by molar-refractivity contribution is 0.628. The van der Waals surface area contributed by atoms with Crippen LogP contribution in [0.2, 0.25) is 0 Å². The van der Waals surface area contributed by atoms with E-state index >= 15 is 0 Å². The number of fused-ring (bicyclic) bond motifs is 1. The first-order chi connectivity index (χ1) is 10.3. The summed E-state index contributed by atoms with van der Waals surface area (Å²) in [6, 6.07) is 16.0. The minimum absolute atomic E-state index is 0.258. The molecule has 0 bridgehead atoms. The fraction of sp³-hybridized carbons (Fsp3) is 0. The second-order valence-electron chi connectivity index (χ2n) is 4.78. The molecular formula is C16H11FN4. The second-order valence-corrected chi connectivity index (χ2v) is 4.78. The van der Waals surface area contributed by atoms with Crippen LogP contribution in [-0.4, -0.2) is 20.2 Å². The number of rotatable bonds is 2. The van der Waals surface area contributed by atoms with Crippen molar-refractivity contribution in [1.82, 2.24) is 20.2 Å². The molecule has 4 nitrogen and oxygen atoms in total. The number of hydrogen-bond acceptors (Lipinski definition) is 2. The fourth-order valence-electron chi connectivity index (χ4n) is 2.29. The largest absolute Gasteiger partial charge is 0.337 e. The summed E-state index contributed by atoms with van der Waals surface area (Å²) in [6.45, 7) is 0. The molecule has 102 valence electrons. The van der Waals surface area contributed by atoms with Crippen LogP contribution in [0.4, 0.5) is 4.39 Å². The van der Waals surface area contributed by atoms with Crippen molar-refractivity contribution in [2.45, 2.75) is 0 Å². The Morgan fingerprint density at radius 2 is 1.76 bits per heavy atom. The van der Waals surface area contributed by atoms with Crippen LogP contribution in [0, 0.1) is 5.82 Å². The first kappa shape index (κ1) is 11.8. The number of aromatic nitrogens is 4. The normalized spacial score (nSPS) is 11.1. The number of nitrogens with zero attached hydrogens (tertiary/aromatic N) is 2. The minimum Gasteiger partial charge on any atom is -0.337 e. The number of halogens is 1. The van der Waals surface area contributed by atoms with Gasteiger partial charge in [-0.1, -0.05) is 12.1 Å². The predicted octanol–water partition coefficient (Wildman–Crippen LogP) is 3.76. The van der Waals surface area contributed by atoms with Crippen molar-refractivity contribution in [2.24, 2.45) is 0 Å². The molecule has 0 atom stereocenters. The van der Waals surface area contributed by atoms with Gasteiger partial charge in [0.2, 0.25) is 0 Å². The van der Waals surface area contributed by atoms with Gasteiger partial charge in [-0.2, -0.15) is 5.10 Å². The van der Waals surface area contributed by atoms with E-state index in [9.17, 15) is 4.39 Å². The summed E-state index contributed by atoms with van der Waals surface area (Å²) in [5.41, 5.74) is 4.29. The third kappa shape index (κ3) is 2.08. The Kier molecular flexibility index (Phi) is 2.57. The van der Waals surface area contributed by atoms with Gasteiger partial charge in [0.25, 0.3) is 0 Å². The van der Waals surface area contributed by atoms with Crippen LogP contribution >= 0.6 is 0 Å². The second kappa shape index (κ2) is 4.56. The van der Waals surface area contributed by atoms with Crippen molar-refractivity contribution in [2.75, 3.05) is 0 Å². The molecule has 4 rings (SSSR count). The number of aromatic amines is 2. The average molecular weight is 278 g/mol. The zero-order valence-electron chi connectivity index (χ0n) is 11.0. The molecule has 4 aromatic rings. The van der Waals surface area contributed by atoms with Gasteiger partial charge < -0.3 is 4.98 Å². The Morgan fingerprint density at radius 1 is 0.952 bits per heavy atom. The quantitative estimate of drug-likeness (QED) is 0.586. The summed E-state index contributed by atoms with van der Waals surface area (Å²) in [5, 5.41) is 7.21. The maximum Gasteiger partial charge on any atom is 0.156 e. The molecule has 2 N–H and O–H groups in total. The van der Waals surface area contributed by atoms with Crippen molar-refractivity contribution >= 4 is 11.0 Å². The van der Waals surface area contributed by atoms with Gasteiger partial charge in [0.05, 0.1) is 16.7 Å². The van der Waals surface area contributed by atoms with E-state index in [2.05, 4.69) is 20.2 Å². The van der Waals surface area contributed by atoms with Gasteiger partial charge in [0.1, 0.15) is 11.5 Å². The number of H-pyrrole nitrogens is 2. The molecule has 2 heterocycles. The Labute approximate surface area is 119 Å². The highest BCUT2D eigenvalue weighted by molar-refractivity contribution is 5.79. The highest BCUT2D eigenvalue weighted by Crippen LogP contribution is 2.24. The molecule has 0 saturated carbocycles. The van der Waals surface area contributed by atoms with Crippen molar-refractivity contribution in [3.63, 3.8) is 0 Å². The monoisotopic (exact) mass is 278 g/mol. The summed E-state index contributed by atoms with van der Waals surface area (Å²) in [5.74, 6) is 0.476.